The number of methoxy groups -OCH3 is 2. The zero-order valence-corrected chi connectivity index (χ0v) is 14.0. The predicted octanol–water partition coefficient (Wildman–Crippen LogP) is 3.73. The van der Waals surface area contributed by atoms with Crippen LogP contribution in [0.2, 0.25) is 0 Å². The normalized spacial score (nSPS) is 16.8. The molecule has 24 heavy (non-hydrogen) atoms. The van der Waals surface area contributed by atoms with Gasteiger partial charge in [-0.3, -0.25) is 0 Å². The molecule has 2 aromatic rings. The predicted molar refractivity (Wildman–Crippen MR) is 93.9 cm³/mol. The fourth-order valence-electron chi connectivity index (χ4n) is 3.04. The van der Waals surface area contributed by atoms with Crippen LogP contribution in [0.4, 0.5) is 10.5 Å². The third-order valence-electron chi connectivity index (χ3n) is 4.40. The maximum Gasteiger partial charge on any atom is 0.321 e. The smallest absolute Gasteiger partial charge is 0.321 e. The van der Waals surface area contributed by atoms with E-state index in [0.717, 1.165) is 19.5 Å². The molecule has 3 rings (SSSR count). The van der Waals surface area contributed by atoms with Crippen LogP contribution in [-0.4, -0.2) is 38.2 Å². The molecule has 2 aromatic carbocycles. The molecule has 1 atom stereocenters. The Morgan fingerprint density at radius 3 is 2.62 bits per heavy atom. The molecule has 1 saturated heterocycles. The molecule has 5 nitrogen and oxygen atoms in total. The van der Waals surface area contributed by atoms with Crippen LogP contribution < -0.4 is 14.8 Å². The Hall–Kier alpha value is -2.69. The van der Waals surface area contributed by atoms with Gasteiger partial charge < -0.3 is 19.7 Å². The number of hydrogen-bond donors (Lipinski definition) is 1. The van der Waals surface area contributed by atoms with E-state index >= 15 is 0 Å². The molecule has 0 aliphatic carbocycles. The van der Waals surface area contributed by atoms with Gasteiger partial charge in [0.25, 0.3) is 0 Å². The number of likely N-dealkylation sites (tertiary alicyclic amines) is 1. The van der Waals surface area contributed by atoms with Crippen molar-refractivity contribution in [2.24, 2.45) is 0 Å². The molecular formula is C19H22N2O3. The number of rotatable bonds is 4. The summed E-state index contributed by atoms with van der Waals surface area (Å²) >= 11 is 0. The van der Waals surface area contributed by atoms with Crippen LogP contribution in [0.1, 0.15) is 17.9 Å². The minimum Gasteiger partial charge on any atom is -0.497 e. The van der Waals surface area contributed by atoms with Gasteiger partial charge in [-0.25, -0.2) is 4.79 Å². The highest BCUT2D eigenvalue weighted by Crippen LogP contribution is 2.31. The van der Waals surface area contributed by atoms with E-state index in [0.29, 0.717) is 23.1 Å². The quantitative estimate of drug-likeness (QED) is 0.931. The molecule has 1 aliphatic rings. The number of urea groups is 1. The van der Waals surface area contributed by atoms with Gasteiger partial charge in [-0.05, 0) is 24.1 Å². The van der Waals surface area contributed by atoms with Crippen LogP contribution in [0.15, 0.2) is 48.5 Å². The van der Waals surface area contributed by atoms with E-state index in [1.807, 2.05) is 23.1 Å². The molecule has 5 heteroatoms. The second-order valence-corrected chi connectivity index (χ2v) is 5.84. The summed E-state index contributed by atoms with van der Waals surface area (Å²) < 4.78 is 10.5. The molecule has 1 fully saturated rings. The Balaban J connectivity index is 1.66. The van der Waals surface area contributed by atoms with Crippen molar-refractivity contribution in [2.75, 3.05) is 32.6 Å². The van der Waals surface area contributed by atoms with E-state index in [1.54, 1.807) is 32.4 Å². The SMILES string of the molecule is COc1ccc(NC(=O)N2CC[C@@H](c3ccccc3)C2)c(OC)c1. The number of ether oxygens (including phenoxy) is 2. The fourth-order valence-corrected chi connectivity index (χ4v) is 3.04. The summed E-state index contributed by atoms with van der Waals surface area (Å²) in [6, 6.07) is 15.6. The molecule has 0 unspecified atom stereocenters. The maximum atomic E-state index is 12.5. The first kappa shape index (κ1) is 16.2. The molecule has 0 radical (unpaired) electrons. The van der Waals surface area contributed by atoms with E-state index in [9.17, 15) is 4.79 Å². The summed E-state index contributed by atoms with van der Waals surface area (Å²) in [6.45, 7) is 1.48. The largest absolute Gasteiger partial charge is 0.497 e. The molecule has 1 heterocycles. The number of carbonyl (C=O) groups excluding carboxylic acids is 1. The number of hydrogen-bond acceptors (Lipinski definition) is 3. The van der Waals surface area contributed by atoms with Crippen LogP contribution in [0, 0.1) is 0 Å². The zero-order chi connectivity index (χ0) is 16.9. The van der Waals surface area contributed by atoms with Gasteiger partial charge in [-0.1, -0.05) is 30.3 Å². The average molecular weight is 326 g/mol. The van der Waals surface area contributed by atoms with Crippen molar-refractivity contribution < 1.29 is 14.3 Å². The van der Waals surface area contributed by atoms with Crippen molar-refractivity contribution in [3.05, 3.63) is 54.1 Å². The van der Waals surface area contributed by atoms with E-state index in [2.05, 4.69) is 17.4 Å². The number of carbonyl (C=O) groups is 1. The van der Waals surface area contributed by atoms with Crippen molar-refractivity contribution in [2.45, 2.75) is 12.3 Å². The Kier molecular flexibility index (Phi) is 4.89. The van der Waals surface area contributed by atoms with Crippen LogP contribution >= 0.6 is 0 Å². The number of amides is 2. The summed E-state index contributed by atoms with van der Waals surface area (Å²) in [5.41, 5.74) is 1.93. The minimum absolute atomic E-state index is 0.100. The Labute approximate surface area is 142 Å². The molecule has 0 saturated carbocycles. The van der Waals surface area contributed by atoms with Crippen molar-refractivity contribution >= 4 is 11.7 Å². The van der Waals surface area contributed by atoms with E-state index < -0.39 is 0 Å². The van der Waals surface area contributed by atoms with Gasteiger partial charge in [0.05, 0.1) is 19.9 Å². The lowest BCUT2D eigenvalue weighted by Gasteiger charge is -2.19. The molecule has 1 N–H and O–H groups in total. The number of nitrogens with one attached hydrogen (secondary N) is 1. The number of benzene rings is 2. The van der Waals surface area contributed by atoms with Gasteiger partial charge in [-0.15, -0.1) is 0 Å². The third-order valence-corrected chi connectivity index (χ3v) is 4.40. The molecule has 0 aromatic heterocycles. The van der Waals surface area contributed by atoms with Gasteiger partial charge in [0, 0.05) is 25.1 Å². The highest BCUT2D eigenvalue weighted by molar-refractivity contribution is 5.91. The Bertz CT molecular complexity index is 703. The first-order valence-electron chi connectivity index (χ1n) is 8.04. The molecule has 0 spiro atoms. The molecule has 2 amide bonds. The van der Waals surface area contributed by atoms with Gasteiger partial charge in [0.1, 0.15) is 11.5 Å². The van der Waals surface area contributed by atoms with Crippen molar-refractivity contribution in [1.29, 1.82) is 0 Å². The first-order valence-corrected chi connectivity index (χ1v) is 8.04. The lowest BCUT2D eigenvalue weighted by Crippen LogP contribution is -2.32. The highest BCUT2D eigenvalue weighted by Gasteiger charge is 2.27. The summed E-state index contributed by atoms with van der Waals surface area (Å²) in [5, 5.41) is 2.93. The second-order valence-electron chi connectivity index (χ2n) is 5.84. The van der Waals surface area contributed by atoms with Gasteiger partial charge in [-0.2, -0.15) is 0 Å². The highest BCUT2D eigenvalue weighted by atomic mass is 16.5. The minimum atomic E-state index is -0.100. The van der Waals surface area contributed by atoms with Crippen molar-refractivity contribution in [1.82, 2.24) is 4.90 Å². The Morgan fingerprint density at radius 2 is 1.92 bits per heavy atom. The topological polar surface area (TPSA) is 50.8 Å². The van der Waals surface area contributed by atoms with Crippen LogP contribution in [0.3, 0.4) is 0 Å². The lowest BCUT2D eigenvalue weighted by molar-refractivity contribution is 0.222. The van der Waals surface area contributed by atoms with E-state index in [4.69, 9.17) is 9.47 Å². The van der Waals surface area contributed by atoms with E-state index in [-0.39, 0.29) is 6.03 Å². The monoisotopic (exact) mass is 326 g/mol. The summed E-state index contributed by atoms with van der Waals surface area (Å²) in [7, 11) is 3.17. The molecular weight excluding hydrogens is 304 g/mol. The van der Waals surface area contributed by atoms with Crippen LogP contribution in [0.25, 0.3) is 0 Å². The zero-order valence-electron chi connectivity index (χ0n) is 14.0. The summed E-state index contributed by atoms with van der Waals surface area (Å²) in [5.74, 6) is 1.67. The number of anilines is 1. The van der Waals surface area contributed by atoms with Crippen LogP contribution in [-0.2, 0) is 0 Å². The van der Waals surface area contributed by atoms with Gasteiger partial charge >= 0.3 is 6.03 Å². The standard InChI is InChI=1S/C19H22N2O3/c1-23-16-8-9-17(18(12-16)24-2)20-19(22)21-11-10-15(13-21)14-6-4-3-5-7-14/h3-9,12,15H,10-11,13H2,1-2H3,(H,20,22)/t15-/m1/s1. The number of nitrogens with zero attached hydrogens (tertiary/aromatic N) is 1. The summed E-state index contributed by atoms with van der Waals surface area (Å²) in [4.78, 5) is 14.4. The van der Waals surface area contributed by atoms with E-state index in [1.165, 1.54) is 5.56 Å². The molecule has 1 aliphatic heterocycles. The average Bonchev–Trinajstić information content (AvgIpc) is 3.13. The Morgan fingerprint density at radius 1 is 1.12 bits per heavy atom. The van der Waals surface area contributed by atoms with Crippen LogP contribution in [0.5, 0.6) is 11.5 Å². The summed E-state index contributed by atoms with van der Waals surface area (Å²) in [6.07, 6.45) is 0.983. The fraction of sp³-hybridized carbons (Fsp3) is 0.316. The first-order chi connectivity index (χ1) is 11.7. The maximum absolute atomic E-state index is 12.5. The van der Waals surface area contributed by atoms with Gasteiger partial charge in [0.2, 0.25) is 0 Å². The van der Waals surface area contributed by atoms with Crippen molar-refractivity contribution in [3.63, 3.8) is 0 Å². The molecule has 126 valence electrons. The van der Waals surface area contributed by atoms with Crippen molar-refractivity contribution in [3.8, 4) is 11.5 Å². The molecule has 0 bridgehead atoms. The third kappa shape index (κ3) is 3.45. The second kappa shape index (κ2) is 7.25. The van der Waals surface area contributed by atoms with Gasteiger partial charge in [0.15, 0.2) is 0 Å². The lowest BCUT2D eigenvalue weighted by atomic mass is 9.99.